The average molecular weight is 1790 g/mol. The van der Waals surface area contributed by atoms with E-state index in [-0.39, 0.29) is 12.3 Å². The van der Waals surface area contributed by atoms with Crippen LogP contribution in [0.4, 0.5) is 0 Å². The van der Waals surface area contributed by atoms with Crippen LogP contribution in [-0.2, 0) is 76.0 Å². The molecule has 6 aliphatic heterocycles. The molecule has 39 heteroatoms. The van der Waals surface area contributed by atoms with E-state index in [0.717, 1.165) is 65.2 Å². The summed E-state index contributed by atoms with van der Waals surface area (Å²) in [5, 5.41) is 231. The molecule has 0 aliphatic carbocycles. The van der Waals surface area contributed by atoms with Crippen molar-refractivity contribution in [3.05, 3.63) is 12.2 Å². The van der Waals surface area contributed by atoms with Crippen molar-refractivity contribution in [1.29, 1.82) is 0 Å². The first-order valence-corrected chi connectivity index (χ1v) is 45.6. The third kappa shape index (κ3) is 33.9. The maximum Gasteiger partial charge on any atom is 0.364 e. The molecule has 0 saturated carbocycles. The lowest BCUT2D eigenvalue weighted by Crippen LogP contribution is -2.70. The summed E-state index contributed by atoms with van der Waals surface area (Å²) in [5.41, 5.74) is 0. The van der Waals surface area contributed by atoms with E-state index in [4.69, 9.17) is 56.8 Å². The standard InChI is InChI=1S/C85H153N3O36/c1-5-7-9-11-13-15-17-19-20-21-22-23-24-25-26-28-30-32-34-36-38-40-60(99)88-51(52(96)39-37-35-33-31-29-27-18-16-14-12-10-8-6-2)47-113-80-71(108)69(106)74(58(46-93)118-80)120-82-73(110)78(67(104)57(45-92)116-82)123-83-72(109)77(66(103)56(44-91)117-83)122-79-62(87-50(4)95)75(65(102)55(43-90)115-79)121-81-70(107)68(105)64(101)59(119-81)48-114-85(84(111)112)41-53(97)61(86-49(3)94)76(124-85)63(100)54(98)42-89/h37,39,51-59,61-83,89-93,96-98,100-110H,5-36,38,40-48H2,1-4H3,(H,86,94)(H,87,95)(H,88,99)(H,111,112)/b39-37+/t51-,52+,53?,54+,55?,56?,57?,58?,59?,61+,62?,63+,64-,65-,66-,67-,68-,69+,70?,71?,72?,73?,74+,75+,76?,77-,78-,79-,80+,81-,82-,83+,85+/m0/s1. The summed E-state index contributed by atoms with van der Waals surface area (Å²) in [5.74, 6) is -7.13. The molecule has 124 heavy (non-hydrogen) atoms. The number of aliphatic carboxylic acids is 1. The SMILES string of the molecule is CCCCCCCCCCCCC/C=C/[C@@H](O)[C@H](CO[C@@H]1OC(CO)[C@@H](O[C@@H]2OC(CO)[C@H](O)[C@H](O[C@H]3OC(CO)[C@H](O)[C@H](O[C@@H]4OC(CO)[C@H](O)[C@H](O[C@@H]5OC(CO[C@]6(C(=O)O)CC(O)[C@@H](NC(C)=O)C([C@H](O)[C@H](O)CO)O6)[C@H](O)[C@H](O)C5O)C4NC(C)=O)C3O)C2O)[C@H](O)C1O)NC(=O)CCCCCCCCCCCCCCCCCCCCCCC. The predicted molar refractivity (Wildman–Crippen MR) is 439 cm³/mol. The third-order valence-electron chi connectivity index (χ3n) is 24.2. The van der Waals surface area contributed by atoms with Crippen LogP contribution in [0.15, 0.2) is 12.2 Å². The summed E-state index contributed by atoms with van der Waals surface area (Å²) >= 11 is 0. The molecule has 6 rings (SSSR count). The largest absolute Gasteiger partial charge is 0.477 e. The molecule has 0 aromatic rings. The van der Waals surface area contributed by atoms with Gasteiger partial charge in [-0.15, -0.1) is 0 Å². The van der Waals surface area contributed by atoms with Gasteiger partial charge in [-0.2, -0.15) is 0 Å². The molecule has 6 heterocycles. The van der Waals surface area contributed by atoms with Crippen LogP contribution in [0.2, 0.25) is 0 Å². The van der Waals surface area contributed by atoms with E-state index >= 15 is 0 Å². The van der Waals surface area contributed by atoms with Gasteiger partial charge in [0.2, 0.25) is 17.7 Å². The first-order valence-electron chi connectivity index (χ1n) is 45.6. The molecule has 0 aromatic heterocycles. The van der Waals surface area contributed by atoms with Crippen molar-refractivity contribution in [2.45, 2.75) is 454 Å². The van der Waals surface area contributed by atoms with E-state index in [1.165, 1.54) is 148 Å². The molecule has 39 nitrogen and oxygen atoms in total. The van der Waals surface area contributed by atoms with Crippen LogP contribution < -0.4 is 16.0 Å². The van der Waals surface area contributed by atoms with Crippen LogP contribution in [0, 0.1) is 0 Å². The fraction of sp³-hybridized carbons (Fsp3) is 0.929. The molecule has 0 aromatic carbocycles. The Morgan fingerprint density at radius 2 is 0.815 bits per heavy atom. The molecule has 3 amide bonds. The zero-order valence-electron chi connectivity index (χ0n) is 72.8. The highest BCUT2D eigenvalue weighted by Gasteiger charge is 2.60. The average Bonchev–Trinajstić information content (AvgIpc) is 0.766. The lowest BCUT2D eigenvalue weighted by Gasteiger charge is -2.50. The lowest BCUT2D eigenvalue weighted by molar-refractivity contribution is -0.390. The normalized spacial score (nSPS) is 35.2. The third-order valence-corrected chi connectivity index (χ3v) is 24.2. The van der Waals surface area contributed by atoms with E-state index in [2.05, 4.69) is 29.8 Å². The highest BCUT2D eigenvalue weighted by atomic mass is 16.8. The first kappa shape index (κ1) is 109. The predicted octanol–water partition coefficient (Wildman–Crippen LogP) is -0.878. The van der Waals surface area contributed by atoms with Crippen LogP contribution in [0.3, 0.4) is 0 Å². The summed E-state index contributed by atoms with van der Waals surface area (Å²) in [4.78, 5) is 51.8. The number of hydrogen-bond donors (Lipinski definition) is 23. The second-order valence-electron chi connectivity index (χ2n) is 34.2. The minimum atomic E-state index is -3.03. The first-order chi connectivity index (χ1) is 59.5. The van der Waals surface area contributed by atoms with Crippen molar-refractivity contribution in [2.75, 3.05) is 46.2 Å². The zero-order chi connectivity index (χ0) is 91.0. The molecular formula is C85H153N3O36. The maximum absolute atomic E-state index is 13.6. The minimum absolute atomic E-state index is 0.161. The Hall–Kier alpha value is -3.62. The molecule has 0 spiro atoms. The number of carbonyl (C=O) groups excluding carboxylic acids is 3. The molecule has 6 saturated heterocycles. The highest BCUT2D eigenvalue weighted by Crippen LogP contribution is 2.39. The molecule has 0 bridgehead atoms. The van der Waals surface area contributed by atoms with Gasteiger partial charge in [0.15, 0.2) is 31.5 Å². The fourth-order valence-electron chi connectivity index (χ4n) is 16.7. The van der Waals surface area contributed by atoms with Gasteiger partial charge in [0, 0.05) is 26.7 Å². The number of carboxylic acid groups (broad SMARTS) is 1. The summed E-state index contributed by atoms with van der Waals surface area (Å²) in [6.07, 6.45) is -17.5. The molecule has 23 N–H and O–H groups in total. The number of carbonyl (C=O) groups is 4. The number of rotatable bonds is 61. The van der Waals surface area contributed by atoms with Crippen LogP contribution in [-0.4, -0.2) is 374 Å². The van der Waals surface area contributed by atoms with Crippen molar-refractivity contribution in [2.24, 2.45) is 0 Å². The monoisotopic (exact) mass is 1790 g/mol. The summed E-state index contributed by atoms with van der Waals surface area (Å²) in [6.45, 7) is -0.565. The van der Waals surface area contributed by atoms with Gasteiger partial charge in [0.25, 0.3) is 5.79 Å². The molecular weight excluding hydrogens is 1640 g/mol. The van der Waals surface area contributed by atoms with Crippen LogP contribution >= 0.6 is 0 Å². The van der Waals surface area contributed by atoms with E-state index in [0.29, 0.717) is 12.8 Å². The Morgan fingerprint density at radius 1 is 0.427 bits per heavy atom. The van der Waals surface area contributed by atoms with Crippen LogP contribution in [0.1, 0.15) is 252 Å². The van der Waals surface area contributed by atoms with E-state index < -0.39 is 272 Å². The van der Waals surface area contributed by atoms with Gasteiger partial charge in [0.1, 0.15) is 140 Å². The van der Waals surface area contributed by atoms with Gasteiger partial charge in [-0.05, 0) is 19.3 Å². The van der Waals surface area contributed by atoms with Crippen molar-refractivity contribution in [3.63, 3.8) is 0 Å². The number of aliphatic hydroxyl groups is 19. The Morgan fingerprint density at radius 3 is 1.27 bits per heavy atom. The van der Waals surface area contributed by atoms with E-state index in [9.17, 15) is 121 Å². The zero-order valence-corrected chi connectivity index (χ0v) is 72.8. The Kier molecular flexibility index (Phi) is 51.3. The topological polar surface area (TPSA) is 620 Å². The minimum Gasteiger partial charge on any atom is -0.477 e. The Bertz CT molecular complexity index is 2950. The smallest absolute Gasteiger partial charge is 0.364 e. The van der Waals surface area contributed by atoms with Crippen LogP contribution in [0.5, 0.6) is 0 Å². The molecule has 12 unspecified atom stereocenters. The number of allylic oxidation sites excluding steroid dienone is 1. The molecule has 6 aliphatic rings. The maximum atomic E-state index is 13.6. The molecule has 33 atom stereocenters. The fourth-order valence-corrected chi connectivity index (χ4v) is 16.7. The van der Waals surface area contributed by atoms with E-state index in [1.807, 2.05) is 6.08 Å². The van der Waals surface area contributed by atoms with Crippen molar-refractivity contribution < 1.29 is 178 Å². The van der Waals surface area contributed by atoms with Gasteiger partial charge in [-0.25, -0.2) is 4.79 Å². The number of aliphatic hydroxyl groups excluding tert-OH is 19. The van der Waals surface area contributed by atoms with Gasteiger partial charge < -0.3 is 175 Å². The van der Waals surface area contributed by atoms with Gasteiger partial charge in [0.05, 0.1) is 70.5 Å². The summed E-state index contributed by atoms with van der Waals surface area (Å²) in [7, 11) is 0. The van der Waals surface area contributed by atoms with E-state index in [1.54, 1.807) is 6.08 Å². The van der Waals surface area contributed by atoms with Crippen molar-refractivity contribution >= 4 is 23.7 Å². The number of amides is 3. The number of hydrogen-bond acceptors (Lipinski definition) is 35. The second kappa shape index (κ2) is 58.3. The summed E-state index contributed by atoms with van der Waals surface area (Å²) in [6, 6.07) is -4.64. The Balaban J connectivity index is 1.08. The Labute approximate surface area is 727 Å². The van der Waals surface area contributed by atoms with Gasteiger partial charge >= 0.3 is 5.97 Å². The molecule has 0 radical (unpaired) electrons. The number of unbranched alkanes of at least 4 members (excludes halogenated alkanes) is 31. The van der Waals surface area contributed by atoms with Gasteiger partial charge in [-0.1, -0.05) is 219 Å². The molecule has 724 valence electrons. The van der Waals surface area contributed by atoms with Crippen molar-refractivity contribution in [1.82, 2.24) is 16.0 Å². The second-order valence-corrected chi connectivity index (χ2v) is 34.2. The van der Waals surface area contributed by atoms with Crippen LogP contribution in [0.25, 0.3) is 0 Å². The number of ether oxygens (including phenoxy) is 12. The highest BCUT2D eigenvalue weighted by molar-refractivity contribution is 5.77. The lowest BCUT2D eigenvalue weighted by atomic mass is 9.88. The number of carboxylic acids is 1. The van der Waals surface area contributed by atoms with Gasteiger partial charge in [-0.3, -0.25) is 14.4 Å². The quantitative estimate of drug-likeness (QED) is 0.0260. The molecule has 6 fully saturated rings. The van der Waals surface area contributed by atoms with Crippen molar-refractivity contribution in [3.8, 4) is 0 Å². The summed E-state index contributed by atoms with van der Waals surface area (Å²) < 4.78 is 70.5. The number of nitrogens with one attached hydrogen (secondary N) is 3.